The summed E-state index contributed by atoms with van der Waals surface area (Å²) in [5.41, 5.74) is 4.04. The van der Waals surface area contributed by atoms with Crippen molar-refractivity contribution in [3.63, 3.8) is 0 Å². The van der Waals surface area contributed by atoms with E-state index in [9.17, 15) is 0 Å². The molecule has 2 atom stereocenters. The molecule has 1 saturated carbocycles. The molecular formula is C12H16S. The largest absolute Gasteiger partial charge is 0.145 e. The van der Waals surface area contributed by atoms with E-state index in [0.29, 0.717) is 5.41 Å². The van der Waals surface area contributed by atoms with Crippen LogP contribution in [0.4, 0.5) is 0 Å². The van der Waals surface area contributed by atoms with E-state index in [1.165, 1.54) is 19.3 Å². The standard InChI is InChI=1S/C12H16S/c1-7-10-6-9-4-5-12(9,3)11(10)8(2)13-7/h9H,4-6H2,1-3H3. The predicted molar refractivity (Wildman–Crippen MR) is 57.6 cm³/mol. The molecule has 2 aliphatic rings. The maximum absolute atomic E-state index is 2.48. The van der Waals surface area contributed by atoms with Gasteiger partial charge in [0.2, 0.25) is 0 Å². The lowest BCUT2D eigenvalue weighted by Crippen LogP contribution is -2.38. The Morgan fingerprint density at radius 1 is 1.31 bits per heavy atom. The Labute approximate surface area is 84.0 Å². The van der Waals surface area contributed by atoms with Crippen molar-refractivity contribution < 1.29 is 0 Å². The highest BCUT2D eigenvalue weighted by Gasteiger charge is 2.51. The Bertz CT molecular complexity index is 375. The number of hydrogen-bond donors (Lipinski definition) is 0. The van der Waals surface area contributed by atoms with Gasteiger partial charge in [-0.15, -0.1) is 11.3 Å². The van der Waals surface area contributed by atoms with Crippen LogP contribution < -0.4 is 0 Å². The summed E-state index contributed by atoms with van der Waals surface area (Å²) >= 11 is 2.01. The van der Waals surface area contributed by atoms with Crippen molar-refractivity contribution >= 4 is 11.3 Å². The molecule has 1 heterocycles. The van der Waals surface area contributed by atoms with Gasteiger partial charge >= 0.3 is 0 Å². The highest BCUT2D eigenvalue weighted by Crippen LogP contribution is 2.59. The Morgan fingerprint density at radius 2 is 2.08 bits per heavy atom. The van der Waals surface area contributed by atoms with Crippen LogP contribution in [0.25, 0.3) is 0 Å². The van der Waals surface area contributed by atoms with E-state index in [2.05, 4.69) is 20.8 Å². The number of hydrogen-bond acceptors (Lipinski definition) is 1. The minimum atomic E-state index is 0.587. The van der Waals surface area contributed by atoms with Crippen molar-refractivity contribution in [1.82, 2.24) is 0 Å². The van der Waals surface area contributed by atoms with Crippen molar-refractivity contribution in [2.24, 2.45) is 5.92 Å². The van der Waals surface area contributed by atoms with E-state index >= 15 is 0 Å². The molecule has 0 amide bonds. The zero-order valence-electron chi connectivity index (χ0n) is 8.61. The third-order valence-corrected chi connectivity index (χ3v) is 5.38. The Kier molecular flexibility index (Phi) is 1.36. The van der Waals surface area contributed by atoms with Gasteiger partial charge in [0.25, 0.3) is 0 Å². The van der Waals surface area contributed by atoms with Crippen molar-refractivity contribution in [3.8, 4) is 0 Å². The SMILES string of the molecule is Cc1sc(C)c2c1CC1CCC21C. The molecule has 0 bridgehead atoms. The van der Waals surface area contributed by atoms with Crippen LogP contribution >= 0.6 is 11.3 Å². The number of thiophene rings is 1. The topological polar surface area (TPSA) is 0 Å². The summed E-state index contributed by atoms with van der Waals surface area (Å²) in [7, 11) is 0. The van der Waals surface area contributed by atoms with Gasteiger partial charge in [0.15, 0.2) is 0 Å². The average Bonchev–Trinajstić information content (AvgIpc) is 2.43. The molecule has 0 saturated heterocycles. The Morgan fingerprint density at radius 3 is 2.69 bits per heavy atom. The maximum Gasteiger partial charge on any atom is 0.00575 e. The second kappa shape index (κ2) is 2.20. The van der Waals surface area contributed by atoms with Gasteiger partial charge in [0.1, 0.15) is 0 Å². The zero-order chi connectivity index (χ0) is 9.22. The summed E-state index contributed by atoms with van der Waals surface area (Å²) in [6, 6.07) is 0. The van der Waals surface area contributed by atoms with Gasteiger partial charge in [-0.3, -0.25) is 0 Å². The molecule has 0 nitrogen and oxygen atoms in total. The number of rotatable bonds is 0. The minimum Gasteiger partial charge on any atom is -0.145 e. The summed E-state index contributed by atoms with van der Waals surface area (Å²) in [4.78, 5) is 3.18. The van der Waals surface area contributed by atoms with Crippen LogP contribution in [0.5, 0.6) is 0 Å². The molecule has 0 aromatic carbocycles. The third-order valence-electron chi connectivity index (χ3n) is 4.32. The molecule has 70 valence electrons. The lowest BCUT2D eigenvalue weighted by atomic mass is 9.61. The number of aryl methyl sites for hydroxylation is 2. The first-order valence-corrected chi connectivity index (χ1v) is 6.04. The van der Waals surface area contributed by atoms with Crippen molar-refractivity contribution in [2.45, 2.75) is 45.4 Å². The molecule has 13 heavy (non-hydrogen) atoms. The summed E-state index contributed by atoms with van der Waals surface area (Å²) in [5.74, 6) is 0.989. The monoisotopic (exact) mass is 192 g/mol. The molecular weight excluding hydrogens is 176 g/mol. The lowest BCUT2D eigenvalue weighted by Gasteiger charge is -2.43. The average molecular weight is 192 g/mol. The second-order valence-electron chi connectivity index (χ2n) is 4.93. The summed E-state index contributed by atoms with van der Waals surface area (Å²) < 4.78 is 0. The normalized spacial score (nSPS) is 35.5. The predicted octanol–water partition coefficient (Wildman–Crippen LogP) is 3.59. The van der Waals surface area contributed by atoms with E-state index in [1.807, 2.05) is 11.3 Å². The van der Waals surface area contributed by atoms with Crippen molar-refractivity contribution in [3.05, 3.63) is 20.9 Å². The van der Waals surface area contributed by atoms with Crippen LogP contribution in [-0.2, 0) is 11.8 Å². The van der Waals surface area contributed by atoms with Crippen LogP contribution in [0.15, 0.2) is 0 Å². The van der Waals surface area contributed by atoms with Crippen molar-refractivity contribution in [1.29, 1.82) is 0 Å². The van der Waals surface area contributed by atoms with Crippen LogP contribution in [0.3, 0.4) is 0 Å². The number of fused-ring (bicyclic) bond motifs is 3. The molecule has 0 aliphatic heterocycles. The minimum absolute atomic E-state index is 0.587. The smallest absolute Gasteiger partial charge is 0.00575 e. The Hall–Kier alpha value is -0.300. The third kappa shape index (κ3) is 0.775. The van der Waals surface area contributed by atoms with Gasteiger partial charge in [-0.25, -0.2) is 0 Å². The van der Waals surface area contributed by atoms with E-state index in [4.69, 9.17) is 0 Å². The molecule has 3 rings (SSSR count). The van der Waals surface area contributed by atoms with Crippen LogP contribution in [0.2, 0.25) is 0 Å². The van der Waals surface area contributed by atoms with Crippen LogP contribution in [0, 0.1) is 19.8 Å². The highest BCUT2D eigenvalue weighted by molar-refractivity contribution is 7.12. The quantitative estimate of drug-likeness (QED) is 0.589. The van der Waals surface area contributed by atoms with Gasteiger partial charge < -0.3 is 0 Å². The summed E-state index contributed by atoms with van der Waals surface area (Å²) in [5, 5.41) is 0. The van der Waals surface area contributed by atoms with Crippen LogP contribution in [0.1, 0.15) is 40.6 Å². The first-order valence-electron chi connectivity index (χ1n) is 5.22. The van der Waals surface area contributed by atoms with E-state index < -0.39 is 0 Å². The molecule has 0 N–H and O–H groups in total. The van der Waals surface area contributed by atoms with Crippen LogP contribution in [-0.4, -0.2) is 0 Å². The fraction of sp³-hybridized carbons (Fsp3) is 0.667. The van der Waals surface area contributed by atoms with E-state index in [1.54, 1.807) is 20.9 Å². The van der Waals surface area contributed by atoms with Gasteiger partial charge in [-0.2, -0.15) is 0 Å². The van der Waals surface area contributed by atoms with E-state index in [-0.39, 0.29) is 0 Å². The molecule has 2 aliphatic carbocycles. The van der Waals surface area contributed by atoms with Gasteiger partial charge in [0.05, 0.1) is 0 Å². The highest BCUT2D eigenvalue weighted by atomic mass is 32.1. The first kappa shape index (κ1) is 8.05. The second-order valence-corrected chi connectivity index (χ2v) is 6.35. The Balaban J connectivity index is 2.24. The van der Waals surface area contributed by atoms with E-state index in [0.717, 1.165) is 5.92 Å². The maximum atomic E-state index is 2.48. The van der Waals surface area contributed by atoms with Crippen molar-refractivity contribution in [2.75, 3.05) is 0 Å². The fourth-order valence-electron chi connectivity index (χ4n) is 3.41. The van der Waals surface area contributed by atoms with Gasteiger partial charge in [-0.1, -0.05) is 6.92 Å². The summed E-state index contributed by atoms with van der Waals surface area (Å²) in [6.45, 7) is 7.08. The molecule has 0 spiro atoms. The van der Waals surface area contributed by atoms with Gasteiger partial charge in [-0.05, 0) is 55.6 Å². The summed E-state index contributed by atoms with van der Waals surface area (Å²) in [6.07, 6.45) is 4.28. The molecule has 1 aromatic heterocycles. The molecule has 2 unspecified atom stereocenters. The van der Waals surface area contributed by atoms with Gasteiger partial charge in [0, 0.05) is 9.75 Å². The fourth-order valence-corrected chi connectivity index (χ4v) is 4.63. The molecule has 1 heteroatoms. The first-order chi connectivity index (χ1) is 6.13. The molecule has 0 radical (unpaired) electrons. The zero-order valence-corrected chi connectivity index (χ0v) is 9.42. The molecule has 1 fully saturated rings. The molecule has 1 aromatic rings. The lowest BCUT2D eigenvalue weighted by molar-refractivity contribution is 0.163.